The molecule has 0 radical (unpaired) electrons. The van der Waals surface area contributed by atoms with Gasteiger partial charge in [0.15, 0.2) is 11.1 Å². The Balaban J connectivity index is 2.86. The van der Waals surface area contributed by atoms with E-state index in [4.69, 9.17) is 16.2 Å². The van der Waals surface area contributed by atoms with Crippen LogP contribution in [0.4, 0.5) is 0 Å². The molecule has 1 atom stereocenters. The van der Waals surface area contributed by atoms with Gasteiger partial charge in [-0.2, -0.15) is 0 Å². The molecule has 0 spiro atoms. The Morgan fingerprint density at radius 2 is 1.50 bits per heavy atom. The summed E-state index contributed by atoms with van der Waals surface area (Å²) < 4.78 is 18.7. The molecule has 0 fully saturated rings. The summed E-state index contributed by atoms with van der Waals surface area (Å²) in [7, 11) is 0. The van der Waals surface area contributed by atoms with Gasteiger partial charge in [0.1, 0.15) is 0 Å². The molecule has 0 saturated heterocycles. The number of halogens is 1. The monoisotopic (exact) mass is 212 g/mol. The lowest BCUT2D eigenvalue weighted by Gasteiger charge is -1.98. The van der Waals surface area contributed by atoms with Crippen molar-refractivity contribution < 1.29 is 8.76 Å². The highest BCUT2D eigenvalue weighted by molar-refractivity contribution is 7.79. The van der Waals surface area contributed by atoms with Crippen molar-refractivity contribution in [1.82, 2.24) is 0 Å². The number of unbranched alkanes of at least 4 members (excludes halogenated alkanes) is 5. The van der Waals surface area contributed by atoms with Gasteiger partial charge in [-0.1, -0.05) is 25.7 Å². The lowest BCUT2D eigenvalue weighted by Crippen LogP contribution is -1.94. The average Bonchev–Trinajstić information content (AvgIpc) is 2.02. The minimum atomic E-state index is -1.60. The highest BCUT2D eigenvalue weighted by atomic mass is 35.5. The van der Waals surface area contributed by atoms with Crippen LogP contribution in [0.25, 0.3) is 0 Å². The van der Waals surface area contributed by atoms with Gasteiger partial charge < -0.3 is 4.55 Å². The lowest BCUT2D eigenvalue weighted by molar-refractivity contribution is 0.556. The fourth-order valence-electron chi connectivity index (χ4n) is 1.03. The predicted molar refractivity (Wildman–Crippen MR) is 54.1 cm³/mol. The maximum Gasteiger partial charge on any atom is 0.152 e. The van der Waals surface area contributed by atoms with Crippen molar-refractivity contribution in [2.75, 3.05) is 11.6 Å². The van der Waals surface area contributed by atoms with E-state index in [0.717, 1.165) is 31.6 Å². The van der Waals surface area contributed by atoms with Gasteiger partial charge in [-0.3, -0.25) is 0 Å². The van der Waals surface area contributed by atoms with Crippen molar-refractivity contribution in [3.8, 4) is 0 Å². The molecule has 0 aliphatic carbocycles. The number of rotatable bonds is 8. The van der Waals surface area contributed by atoms with Crippen LogP contribution in [-0.4, -0.2) is 20.4 Å². The summed E-state index contributed by atoms with van der Waals surface area (Å²) in [5, 5.41) is 0. The smallest absolute Gasteiger partial charge is 0.152 e. The molecule has 0 aliphatic heterocycles. The minimum Gasteiger partial charge on any atom is -0.306 e. The maximum absolute atomic E-state index is 10.2. The molecule has 1 N–H and O–H groups in total. The Morgan fingerprint density at radius 1 is 1.00 bits per heavy atom. The predicted octanol–water partition coefficient (Wildman–Crippen LogP) is 2.79. The first-order chi connectivity index (χ1) is 5.77. The van der Waals surface area contributed by atoms with E-state index in [9.17, 15) is 4.21 Å². The van der Waals surface area contributed by atoms with Crippen molar-refractivity contribution in [1.29, 1.82) is 0 Å². The van der Waals surface area contributed by atoms with E-state index in [1.54, 1.807) is 0 Å². The number of hydrogen-bond donors (Lipinski definition) is 1. The van der Waals surface area contributed by atoms with Crippen LogP contribution >= 0.6 is 11.6 Å². The highest BCUT2D eigenvalue weighted by Gasteiger charge is 1.93. The van der Waals surface area contributed by atoms with Crippen molar-refractivity contribution in [2.45, 2.75) is 38.5 Å². The summed E-state index contributed by atoms with van der Waals surface area (Å²) in [4.78, 5) is 0. The van der Waals surface area contributed by atoms with Crippen LogP contribution in [0.1, 0.15) is 38.5 Å². The largest absolute Gasteiger partial charge is 0.306 e. The van der Waals surface area contributed by atoms with E-state index in [2.05, 4.69) is 0 Å². The van der Waals surface area contributed by atoms with Crippen LogP contribution in [-0.2, 0) is 11.1 Å². The first-order valence-corrected chi connectivity index (χ1v) is 6.22. The van der Waals surface area contributed by atoms with Crippen LogP contribution in [0.2, 0.25) is 0 Å². The summed E-state index contributed by atoms with van der Waals surface area (Å²) in [5.74, 6) is 1.18. The second-order valence-electron chi connectivity index (χ2n) is 2.84. The molecule has 0 amide bonds. The average molecular weight is 213 g/mol. The Morgan fingerprint density at radius 3 is 2.00 bits per heavy atom. The van der Waals surface area contributed by atoms with Crippen molar-refractivity contribution in [2.24, 2.45) is 0 Å². The van der Waals surface area contributed by atoms with Crippen LogP contribution in [0, 0.1) is 0 Å². The third-order valence-corrected chi connectivity index (χ3v) is 2.61. The minimum absolute atomic E-state index is 0.426. The standard InChI is InChI=1S/C8H17ClO2S/c9-7-5-3-1-2-4-6-8-12(10)11/h1-8H2,(H,10,11). The molecule has 0 aliphatic rings. The first kappa shape index (κ1) is 12.4. The second-order valence-corrected chi connectivity index (χ2v) is 4.27. The van der Waals surface area contributed by atoms with Gasteiger partial charge in [0.25, 0.3) is 0 Å². The van der Waals surface area contributed by atoms with Crippen molar-refractivity contribution in [3.05, 3.63) is 0 Å². The summed E-state index contributed by atoms with van der Waals surface area (Å²) >= 11 is 3.91. The zero-order valence-electron chi connectivity index (χ0n) is 7.30. The molecule has 0 saturated carbocycles. The van der Waals surface area contributed by atoms with E-state index >= 15 is 0 Å². The third kappa shape index (κ3) is 10.4. The molecule has 2 nitrogen and oxygen atoms in total. The van der Waals surface area contributed by atoms with Gasteiger partial charge in [-0.15, -0.1) is 11.6 Å². The molecule has 0 aromatic carbocycles. The van der Waals surface area contributed by atoms with Gasteiger partial charge in [0.05, 0.1) is 0 Å². The summed E-state index contributed by atoms with van der Waals surface area (Å²) in [6, 6.07) is 0. The molecule has 4 heteroatoms. The van der Waals surface area contributed by atoms with Crippen molar-refractivity contribution in [3.63, 3.8) is 0 Å². The zero-order valence-corrected chi connectivity index (χ0v) is 8.87. The summed E-state index contributed by atoms with van der Waals surface area (Å²) in [5.41, 5.74) is 0. The Hall–Kier alpha value is 0.400. The molecular formula is C8H17ClO2S. The molecule has 1 unspecified atom stereocenters. The van der Waals surface area contributed by atoms with Gasteiger partial charge in [0.2, 0.25) is 0 Å². The van der Waals surface area contributed by atoms with Crippen molar-refractivity contribution >= 4 is 22.7 Å². The van der Waals surface area contributed by atoms with Gasteiger partial charge in [-0.25, -0.2) is 4.21 Å². The number of hydrogen-bond acceptors (Lipinski definition) is 1. The zero-order chi connectivity index (χ0) is 9.23. The van der Waals surface area contributed by atoms with Crippen LogP contribution in [0.5, 0.6) is 0 Å². The topological polar surface area (TPSA) is 37.3 Å². The number of alkyl halides is 1. The van der Waals surface area contributed by atoms with Gasteiger partial charge >= 0.3 is 0 Å². The Kier molecular flexibility index (Phi) is 9.80. The van der Waals surface area contributed by atoms with Gasteiger partial charge in [0, 0.05) is 11.6 Å². The summed E-state index contributed by atoms with van der Waals surface area (Å²) in [6.45, 7) is 0. The summed E-state index contributed by atoms with van der Waals surface area (Å²) in [6.07, 6.45) is 6.57. The molecule has 0 aromatic heterocycles. The van der Waals surface area contributed by atoms with E-state index in [1.807, 2.05) is 0 Å². The van der Waals surface area contributed by atoms with Crippen LogP contribution < -0.4 is 0 Å². The second kappa shape index (κ2) is 9.49. The van der Waals surface area contributed by atoms with E-state index < -0.39 is 11.1 Å². The lowest BCUT2D eigenvalue weighted by atomic mass is 10.1. The molecular weight excluding hydrogens is 196 g/mol. The molecule has 0 bridgehead atoms. The molecule has 0 rings (SSSR count). The fraction of sp³-hybridized carbons (Fsp3) is 1.00. The molecule has 0 heterocycles. The highest BCUT2D eigenvalue weighted by Crippen LogP contribution is 2.06. The fourth-order valence-corrected chi connectivity index (χ4v) is 1.67. The third-order valence-electron chi connectivity index (χ3n) is 1.70. The van der Waals surface area contributed by atoms with Crippen LogP contribution in [0.15, 0.2) is 0 Å². The Labute approximate surface area is 82.0 Å². The quantitative estimate of drug-likeness (QED) is 0.382. The van der Waals surface area contributed by atoms with E-state index in [-0.39, 0.29) is 0 Å². The normalized spacial score (nSPS) is 13.2. The first-order valence-electron chi connectivity index (χ1n) is 4.41. The maximum atomic E-state index is 10.2. The van der Waals surface area contributed by atoms with E-state index in [0.29, 0.717) is 5.75 Å². The SMILES string of the molecule is O=S(O)CCCCCCCCCl. The molecule has 0 aromatic rings. The van der Waals surface area contributed by atoms with E-state index in [1.165, 1.54) is 12.8 Å². The molecule has 12 heavy (non-hydrogen) atoms. The van der Waals surface area contributed by atoms with Gasteiger partial charge in [-0.05, 0) is 12.8 Å². The Bertz CT molecular complexity index is 120. The molecule has 74 valence electrons. The van der Waals surface area contributed by atoms with Crippen LogP contribution in [0.3, 0.4) is 0 Å².